The molecule has 0 aliphatic heterocycles. The van der Waals surface area contributed by atoms with Gasteiger partial charge in [0.15, 0.2) is 0 Å². The largest absolute Gasteiger partial charge is 0.480 e. The fourth-order valence-corrected chi connectivity index (χ4v) is 1.70. The molecule has 6 heteroatoms. The van der Waals surface area contributed by atoms with Crippen molar-refractivity contribution in [2.75, 3.05) is 5.32 Å². The Morgan fingerprint density at radius 3 is 2.94 bits per heavy atom. The first-order valence-electron chi connectivity index (χ1n) is 5.37. The van der Waals surface area contributed by atoms with Gasteiger partial charge in [-0.15, -0.1) is 0 Å². The highest BCUT2D eigenvalue weighted by Gasteiger charge is 2.13. The number of rotatable bonds is 4. The Morgan fingerprint density at radius 1 is 1.56 bits per heavy atom. The lowest BCUT2D eigenvalue weighted by molar-refractivity contribution is -0.137. The van der Waals surface area contributed by atoms with E-state index in [1.807, 2.05) is 0 Å². The zero-order valence-electron chi connectivity index (χ0n) is 9.67. The number of aromatic nitrogens is 2. The van der Waals surface area contributed by atoms with Crippen LogP contribution in [-0.2, 0) is 4.79 Å². The SMILES string of the molecule is CC(Nc1cc(Cl)ccc1-n1cccn1)C(=O)O. The van der Waals surface area contributed by atoms with Crippen molar-refractivity contribution < 1.29 is 9.90 Å². The van der Waals surface area contributed by atoms with E-state index in [2.05, 4.69) is 10.4 Å². The summed E-state index contributed by atoms with van der Waals surface area (Å²) in [6, 6.07) is 6.27. The number of hydrogen-bond acceptors (Lipinski definition) is 3. The van der Waals surface area contributed by atoms with Gasteiger partial charge in [0, 0.05) is 17.4 Å². The average molecular weight is 266 g/mol. The Morgan fingerprint density at radius 2 is 2.33 bits per heavy atom. The predicted molar refractivity (Wildman–Crippen MR) is 69.3 cm³/mol. The minimum absolute atomic E-state index is 0.533. The molecule has 0 bridgehead atoms. The number of anilines is 1. The third kappa shape index (κ3) is 2.62. The molecule has 2 N–H and O–H groups in total. The van der Waals surface area contributed by atoms with Gasteiger partial charge in [-0.05, 0) is 31.2 Å². The lowest BCUT2D eigenvalue weighted by Crippen LogP contribution is -2.26. The van der Waals surface area contributed by atoms with Gasteiger partial charge in [-0.25, -0.2) is 4.68 Å². The molecule has 0 aliphatic rings. The molecule has 0 saturated heterocycles. The summed E-state index contributed by atoms with van der Waals surface area (Å²) >= 11 is 5.92. The van der Waals surface area contributed by atoms with Gasteiger partial charge in [-0.2, -0.15) is 5.10 Å². The van der Waals surface area contributed by atoms with Crippen LogP contribution in [0, 0.1) is 0 Å². The maximum atomic E-state index is 10.9. The van der Waals surface area contributed by atoms with Gasteiger partial charge >= 0.3 is 5.97 Å². The third-order valence-corrected chi connectivity index (χ3v) is 2.69. The first-order valence-corrected chi connectivity index (χ1v) is 5.74. The van der Waals surface area contributed by atoms with Crippen molar-refractivity contribution in [1.82, 2.24) is 9.78 Å². The maximum Gasteiger partial charge on any atom is 0.325 e. The molecule has 1 aromatic heterocycles. The standard InChI is InChI=1S/C12H12ClN3O2/c1-8(12(17)18)15-10-7-9(13)3-4-11(10)16-6-2-5-14-16/h2-8,15H,1H3,(H,17,18). The van der Waals surface area contributed by atoms with E-state index >= 15 is 0 Å². The topological polar surface area (TPSA) is 67.2 Å². The number of nitrogens with zero attached hydrogens (tertiary/aromatic N) is 2. The van der Waals surface area contributed by atoms with Crippen LogP contribution < -0.4 is 5.32 Å². The van der Waals surface area contributed by atoms with Gasteiger partial charge in [0.2, 0.25) is 0 Å². The first kappa shape index (κ1) is 12.4. The summed E-state index contributed by atoms with van der Waals surface area (Å²) in [5.74, 6) is -0.929. The van der Waals surface area contributed by atoms with E-state index in [9.17, 15) is 4.79 Å². The molecule has 0 saturated carbocycles. The Balaban J connectivity index is 2.38. The molecule has 0 spiro atoms. The van der Waals surface area contributed by atoms with E-state index in [0.29, 0.717) is 10.7 Å². The molecule has 2 aromatic rings. The summed E-state index contributed by atoms with van der Waals surface area (Å²) in [5, 5.41) is 16.5. The van der Waals surface area contributed by atoms with Crippen LogP contribution in [-0.4, -0.2) is 26.9 Å². The van der Waals surface area contributed by atoms with Crippen LogP contribution in [0.15, 0.2) is 36.7 Å². The quantitative estimate of drug-likeness (QED) is 0.891. The van der Waals surface area contributed by atoms with Crippen LogP contribution in [0.5, 0.6) is 0 Å². The number of carboxylic acids is 1. The minimum Gasteiger partial charge on any atom is -0.480 e. The van der Waals surface area contributed by atoms with Crippen molar-refractivity contribution >= 4 is 23.3 Å². The van der Waals surface area contributed by atoms with E-state index in [4.69, 9.17) is 16.7 Å². The van der Waals surface area contributed by atoms with E-state index in [1.54, 1.807) is 48.3 Å². The Labute approximate surface area is 109 Å². The maximum absolute atomic E-state index is 10.9. The van der Waals surface area contributed by atoms with Gasteiger partial charge in [-0.3, -0.25) is 4.79 Å². The summed E-state index contributed by atoms with van der Waals surface area (Å²) in [7, 11) is 0. The molecule has 5 nitrogen and oxygen atoms in total. The predicted octanol–water partition coefficient (Wildman–Crippen LogP) is 2.41. The number of nitrogens with one attached hydrogen (secondary N) is 1. The number of hydrogen-bond donors (Lipinski definition) is 2. The van der Waals surface area contributed by atoms with E-state index in [1.165, 1.54) is 0 Å². The average Bonchev–Trinajstić information content (AvgIpc) is 2.82. The van der Waals surface area contributed by atoms with Crippen LogP contribution >= 0.6 is 11.6 Å². The van der Waals surface area contributed by atoms with E-state index in [-0.39, 0.29) is 0 Å². The van der Waals surface area contributed by atoms with Crippen molar-refractivity contribution in [3.05, 3.63) is 41.7 Å². The normalized spacial score (nSPS) is 12.1. The minimum atomic E-state index is -0.929. The van der Waals surface area contributed by atoms with Crippen LogP contribution in [0.25, 0.3) is 5.69 Å². The monoisotopic (exact) mass is 265 g/mol. The second kappa shape index (κ2) is 5.10. The molecule has 18 heavy (non-hydrogen) atoms. The van der Waals surface area contributed by atoms with Crippen molar-refractivity contribution in [1.29, 1.82) is 0 Å². The van der Waals surface area contributed by atoms with Gasteiger partial charge < -0.3 is 10.4 Å². The highest BCUT2D eigenvalue weighted by molar-refractivity contribution is 6.31. The van der Waals surface area contributed by atoms with Crippen LogP contribution in [0.1, 0.15) is 6.92 Å². The summed E-state index contributed by atoms with van der Waals surface area (Å²) in [6.07, 6.45) is 3.43. The molecule has 2 rings (SSSR count). The highest BCUT2D eigenvalue weighted by Crippen LogP contribution is 2.24. The van der Waals surface area contributed by atoms with Crippen LogP contribution in [0.2, 0.25) is 5.02 Å². The molecular weight excluding hydrogens is 254 g/mol. The lowest BCUT2D eigenvalue weighted by Gasteiger charge is -2.15. The van der Waals surface area contributed by atoms with Crippen LogP contribution in [0.4, 0.5) is 5.69 Å². The molecule has 1 atom stereocenters. The number of carbonyl (C=O) groups is 1. The number of carboxylic acid groups (broad SMARTS) is 1. The second-order valence-electron chi connectivity index (χ2n) is 3.82. The fourth-order valence-electron chi connectivity index (χ4n) is 1.53. The van der Waals surface area contributed by atoms with Crippen molar-refractivity contribution in [2.24, 2.45) is 0 Å². The lowest BCUT2D eigenvalue weighted by atomic mass is 10.2. The smallest absolute Gasteiger partial charge is 0.325 e. The summed E-state index contributed by atoms with van der Waals surface area (Å²) in [4.78, 5) is 10.9. The zero-order valence-corrected chi connectivity index (χ0v) is 10.4. The second-order valence-corrected chi connectivity index (χ2v) is 4.25. The molecule has 1 unspecified atom stereocenters. The highest BCUT2D eigenvalue weighted by atomic mass is 35.5. The van der Waals surface area contributed by atoms with Crippen molar-refractivity contribution in [3.8, 4) is 5.69 Å². The summed E-state index contributed by atoms with van der Waals surface area (Å²) < 4.78 is 1.65. The molecule has 0 radical (unpaired) electrons. The Hall–Kier alpha value is -2.01. The summed E-state index contributed by atoms with van der Waals surface area (Å²) in [6.45, 7) is 1.57. The van der Waals surface area contributed by atoms with Crippen LogP contribution in [0.3, 0.4) is 0 Å². The Kier molecular flexibility index (Phi) is 3.53. The van der Waals surface area contributed by atoms with Gasteiger partial charge in [-0.1, -0.05) is 11.6 Å². The molecule has 0 amide bonds. The zero-order chi connectivity index (χ0) is 13.1. The van der Waals surface area contributed by atoms with Gasteiger partial charge in [0.1, 0.15) is 6.04 Å². The number of benzene rings is 1. The fraction of sp³-hybridized carbons (Fsp3) is 0.167. The van der Waals surface area contributed by atoms with E-state index < -0.39 is 12.0 Å². The Bertz CT molecular complexity index is 554. The molecule has 1 aromatic carbocycles. The number of aliphatic carboxylic acids is 1. The third-order valence-electron chi connectivity index (χ3n) is 2.45. The van der Waals surface area contributed by atoms with E-state index in [0.717, 1.165) is 5.69 Å². The molecule has 0 fully saturated rings. The van der Waals surface area contributed by atoms with Gasteiger partial charge in [0.05, 0.1) is 11.4 Å². The number of halogens is 1. The van der Waals surface area contributed by atoms with Crippen molar-refractivity contribution in [3.63, 3.8) is 0 Å². The molecular formula is C12H12ClN3O2. The van der Waals surface area contributed by atoms with Crippen molar-refractivity contribution in [2.45, 2.75) is 13.0 Å². The first-order chi connectivity index (χ1) is 8.58. The molecule has 94 valence electrons. The molecule has 1 heterocycles. The molecule has 0 aliphatic carbocycles. The summed E-state index contributed by atoms with van der Waals surface area (Å²) in [5.41, 5.74) is 1.37. The van der Waals surface area contributed by atoms with Gasteiger partial charge in [0.25, 0.3) is 0 Å².